The predicted molar refractivity (Wildman–Crippen MR) is 43.1 cm³/mol. The van der Waals surface area contributed by atoms with E-state index < -0.39 is 0 Å². The first-order chi connectivity index (χ1) is 3.72. The summed E-state index contributed by atoms with van der Waals surface area (Å²) in [5.74, 6) is 0.0914. The van der Waals surface area contributed by atoms with Crippen molar-refractivity contribution in [2.45, 2.75) is 6.04 Å². The molecule has 56 valence electrons. The molecule has 3 nitrogen and oxygen atoms in total. The Hall–Kier alpha value is 0.0700. The van der Waals surface area contributed by atoms with Crippen molar-refractivity contribution in [2.75, 3.05) is 12.8 Å². The van der Waals surface area contributed by atoms with Gasteiger partial charge >= 0.3 is 0 Å². The number of nitrogens with two attached hydrogens (primary N) is 1. The zero-order valence-corrected chi connectivity index (χ0v) is 6.84. The molecule has 0 aromatic carbocycles. The molecule has 0 rings (SSSR count). The monoisotopic (exact) mass is 170 g/mol. The maximum absolute atomic E-state index is 10.3. The summed E-state index contributed by atoms with van der Waals surface area (Å²) in [5.41, 5.74) is 4.91. The molecule has 9 heavy (non-hydrogen) atoms. The lowest BCUT2D eigenvalue weighted by molar-refractivity contribution is -0.119. The van der Waals surface area contributed by atoms with Gasteiger partial charge in [-0.15, -0.1) is 12.4 Å². The fourth-order valence-corrected chi connectivity index (χ4v) is 0.686. The van der Waals surface area contributed by atoms with Crippen LogP contribution in [0.5, 0.6) is 0 Å². The quantitative estimate of drug-likeness (QED) is 0.496. The molecule has 0 aliphatic heterocycles. The molecule has 0 aromatic heterocycles. The van der Waals surface area contributed by atoms with E-state index in [9.17, 15) is 4.79 Å². The van der Waals surface area contributed by atoms with Gasteiger partial charge < -0.3 is 11.1 Å². The Morgan fingerprint density at radius 3 is 2.33 bits per heavy atom. The number of thiol groups is 1. The first-order valence-corrected chi connectivity index (χ1v) is 2.93. The van der Waals surface area contributed by atoms with Crippen molar-refractivity contribution in [3.8, 4) is 0 Å². The van der Waals surface area contributed by atoms with E-state index in [0.717, 1.165) is 0 Å². The van der Waals surface area contributed by atoms with Crippen LogP contribution in [0.4, 0.5) is 0 Å². The third-order valence-corrected chi connectivity index (χ3v) is 1.24. The van der Waals surface area contributed by atoms with E-state index in [1.165, 1.54) is 0 Å². The van der Waals surface area contributed by atoms with E-state index in [1.807, 2.05) is 0 Å². The minimum absolute atomic E-state index is 0. The first-order valence-electron chi connectivity index (χ1n) is 2.29. The first kappa shape index (κ1) is 11.8. The van der Waals surface area contributed by atoms with Crippen LogP contribution in [-0.2, 0) is 4.79 Å². The molecule has 0 aliphatic rings. The number of halogens is 1. The summed E-state index contributed by atoms with van der Waals surface area (Å²) in [6, 6.07) is -0.293. The van der Waals surface area contributed by atoms with Gasteiger partial charge in [0.2, 0.25) is 5.91 Å². The van der Waals surface area contributed by atoms with E-state index in [1.54, 1.807) is 7.05 Å². The highest BCUT2D eigenvalue weighted by molar-refractivity contribution is 7.80. The van der Waals surface area contributed by atoms with Crippen LogP contribution in [0, 0.1) is 0 Å². The number of carbonyl (C=O) groups is 1. The zero-order chi connectivity index (χ0) is 6.57. The van der Waals surface area contributed by atoms with Gasteiger partial charge in [0.15, 0.2) is 0 Å². The smallest absolute Gasteiger partial charge is 0.235 e. The molecule has 1 amide bonds. The number of rotatable bonds is 3. The highest BCUT2D eigenvalue weighted by atomic mass is 35.5. The lowest BCUT2D eigenvalue weighted by Gasteiger charge is -2.05. The second-order valence-electron chi connectivity index (χ2n) is 1.43. The van der Waals surface area contributed by atoms with Gasteiger partial charge in [0, 0.05) is 5.75 Å². The number of hydrogen-bond donors (Lipinski definition) is 3. The Labute approximate surface area is 66.2 Å². The Morgan fingerprint density at radius 2 is 2.33 bits per heavy atom. The molecule has 0 fully saturated rings. The van der Waals surface area contributed by atoms with Crippen LogP contribution in [0.15, 0.2) is 0 Å². The second kappa shape index (κ2) is 6.19. The van der Waals surface area contributed by atoms with Crippen LogP contribution in [0.2, 0.25) is 0 Å². The maximum atomic E-state index is 10.3. The molecular formula is C4H11ClN2OS. The van der Waals surface area contributed by atoms with Crippen molar-refractivity contribution in [2.24, 2.45) is 5.73 Å². The summed E-state index contributed by atoms with van der Waals surface area (Å²) >= 11 is 3.87. The highest BCUT2D eigenvalue weighted by Crippen LogP contribution is 1.82. The Bertz CT molecular complexity index is 86.6. The average Bonchev–Trinajstić information content (AvgIpc) is 1.69. The molecule has 0 radical (unpaired) electrons. The molecule has 1 atom stereocenters. The third kappa shape index (κ3) is 4.57. The fourth-order valence-electron chi connectivity index (χ4n) is 0.324. The largest absolute Gasteiger partial charge is 0.368 e. The lowest BCUT2D eigenvalue weighted by atomic mass is 10.3. The Morgan fingerprint density at radius 1 is 1.89 bits per heavy atom. The van der Waals surface area contributed by atoms with Crippen LogP contribution >= 0.6 is 25.0 Å². The van der Waals surface area contributed by atoms with Gasteiger partial charge in [-0.1, -0.05) is 0 Å². The van der Waals surface area contributed by atoms with Gasteiger partial charge in [-0.05, 0) is 7.05 Å². The van der Waals surface area contributed by atoms with Crippen LogP contribution < -0.4 is 11.1 Å². The van der Waals surface area contributed by atoms with Gasteiger partial charge in [0.05, 0.1) is 6.04 Å². The predicted octanol–water partition coefficient (Wildman–Crippen LogP) is -0.589. The topological polar surface area (TPSA) is 55.1 Å². The summed E-state index contributed by atoms with van der Waals surface area (Å²) in [6.07, 6.45) is 0. The maximum Gasteiger partial charge on any atom is 0.235 e. The SMILES string of the molecule is CN[C@@H](CS)C(N)=O.Cl. The summed E-state index contributed by atoms with van der Waals surface area (Å²) in [6.45, 7) is 0. The van der Waals surface area contributed by atoms with Crippen LogP contribution in [0.25, 0.3) is 0 Å². The molecular weight excluding hydrogens is 160 g/mol. The fraction of sp³-hybridized carbons (Fsp3) is 0.750. The van der Waals surface area contributed by atoms with E-state index in [-0.39, 0.29) is 24.4 Å². The molecule has 3 N–H and O–H groups in total. The number of amides is 1. The number of carbonyl (C=O) groups excluding carboxylic acids is 1. The molecule has 0 saturated carbocycles. The van der Waals surface area contributed by atoms with Crippen molar-refractivity contribution in [1.29, 1.82) is 0 Å². The normalized spacial score (nSPS) is 11.8. The van der Waals surface area contributed by atoms with Crippen LogP contribution in [0.1, 0.15) is 0 Å². The minimum atomic E-state index is -0.359. The van der Waals surface area contributed by atoms with Gasteiger partial charge in [0.25, 0.3) is 0 Å². The van der Waals surface area contributed by atoms with Crippen molar-refractivity contribution in [1.82, 2.24) is 5.32 Å². The molecule has 0 aliphatic carbocycles. The number of nitrogens with one attached hydrogen (secondary N) is 1. The second-order valence-corrected chi connectivity index (χ2v) is 1.79. The number of primary amides is 1. The Kier molecular flexibility index (Phi) is 8.13. The molecule has 0 bridgehead atoms. The van der Waals surface area contributed by atoms with E-state index in [2.05, 4.69) is 17.9 Å². The molecule has 0 saturated heterocycles. The van der Waals surface area contributed by atoms with Crippen molar-refractivity contribution >= 4 is 30.9 Å². The van der Waals surface area contributed by atoms with E-state index in [4.69, 9.17) is 5.73 Å². The summed E-state index contributed by atoms with van der Waals surface area (Å²) < 4.78 is 0. The van der Waals surface area contributed by atoms with Crippen LogP contribution in [0.3, 0.4) is 0 Å². The summed E-state index contributed by atoms with van der Waals surface area (Å²) in [7, 11) is 1.67. The van der Waals surface area contributed by atoms with Crippen molar-refractivity contribution in [3.05, 3.63) is 0 Å². The Balaban J connectivity index is 0. The highest BCUT2D eigenvalue weighted by Gasteiger charge is 2.07. The standard InChI is InChI=1S/C4H10N2OS.ClH/c1-6-3(2-8)4(5)7;/h3,6,8H,2H2,1H3,(H2,5,7);1H/t3-;/m0./s1. The van der Waals surface area contributed by atoms with E-state index >= 15 is 0 Å². The van der Waals surface area contributed by atoms with Gasteiger partial charge in [-0.2, -0.15) is 12.6 Å². The van der Waals surface area contributed by atoms with Crippen molar-refractivity contribution in [3.63, 3.8) is 0 Å². The zero-order valence-electron chi connectivity index (χ0n) is 5.13. The number of hydrogen-bond acceptors (Lipinski definition) is 3. The molecule has 0 aromatic rings. The molecule has 0 heterocycles. The third-order valence-electron chi connectivity index (χ3n) is 0.874. The van der Waals surface area contributed by atoms with Gasteiger partial charge in [-0.3, -0.25) is 4.79 Å². The van der Waals surface area contributed by atoms with Gasteiger partial charge in [0.1, 0.15) is 0 Å². The van der Waals surface area contributed by atoms with Gasteiger partial charge in [-0.25, -0.2) is 0 Å². The lowest BCUT2D eigenvalue weighted by Crippen LogP contribution is -2.40. The van der Waals surface area contributed by atoms with Crippen LogP contribution in [-0.4, -0.2) is 24.7 Å². The summed E-state index contributed by atoms with van der Waals surface area (Å²) in [5, 5.41) is 2.70. The van der Waals surface area contributed by atoms with E-state index in [0.29, 0.717) is 5.75 Å². The molecule has 0 unspecified atom stereocenters. The molecule has 0 spiro atoms. The molecule has 5 heteroatoms. The van der Waals surface area contributed by atoms with Crippen molar-refractivity contribution < 1.29 is 4.79 Å². The minimum Gasteiger partial charge on any atom is -0.368 e. The summed E-state index contributed by atoms with van der Waals surface area (Å²) in [4.78, 5) is 10.3. The average molecular weight is 171 g/mol. The number of likely N-dealkylation sites (N-methyl/N-ethyl adjacent to an activating group) is 1.